The minimum atomic E-state index is -0.305. The molecule has 0 saturated carbocycles. The van der Waals surface area contributed by atoms with E-state index in [1.165, 1.54) is 20.3 Å². The molecule has 10 nitrogen and oxygen atoms in total. The molecule has 0 atom stereocenters. The van der Waals surface area contributed by atoms with Crippen molar-refractivity contribution < 1.29 is 14.3 Å². The van der Waals surface area contributed by atoms with Gasteiger partial charge in [-0.15, -0.1) is 0 Å². The average Bonchev–Trinajstić information content (AvgIpc) is 2.96. The molecule has 2 N–H and O–H groups in total. The maximum atomic E-state index is 13.9. The number of amides is 1. The maximum Gasteiger partial charge on any atom is 0.260 e. The number of hydrogen-bond donors (Lipinski definition) is 2. The number of methoxy groups -OCH3 is 2. The summed E-state index contributed by atoms with van der Waals surface area (Å²) in [5, 5.41) is 7.45. The molecule has 2 aromatic heterocycles. The van der Waals surface area contributed by atoms with Crippen molar-refractivity contribution in [3.05, 3.63) is 51.4 Å². The van der Waals surface area contributed by atoms with Crippen LogP contribution in [0.5, 0.6) is 11.5 Å². The highest BCUT2D eigenvalue weighted by molar-refractivity contribution is 6.41. The Morgan fingerprint density at radius 3 is 2.44 bits per heavy atom. The quantitative estimate of drug-likeness (QED) is 0.277. The van der Waals surface area contributed by atoms with Gasteiger partial charge in [-0.3, -0.25) is 14.2 Å². The summed E-state index contributed by atoms with van der Waals surface area (Å²) in [6.07, 6.45) is 4.84. The summed E-state index contributed by atoms with van der Waals surface area (Å²) in [5.41, 5.74) is 0.792. The fourth-order valence-electron chi connectivity index (χ4n) is 4.77. The number of piperidine rings is 1. The Labute approximate surface area is 236 Å². The lowest BCUT2D eigenvalue weighted by Crippen LogP contribution is -2.40. The predicted octanol–water partition coefficient (Wildman–Crippen LogP) is 3.84. The van der Waals surface area contributed by atoms with Crippen LogP contribution in [0.25, 0.3) is 22.2 Å². The number of pyridine rings is 1. The Balaban J connectivity index is 1.63. The van der Waals surface area contributed by atoms with Gasteiger partial charge in [-0.1, -0.05) is 29.8 Å². The van der Waals surface area contributed by atoms with E-state index in [0.29, 0.717) is 53.1 Å². The van der Waals surface area contributed by atoms with Gasteiger partial charge < -0.3 is 25.0 Å². The first kappa shape index (κ1) is 28.7. The molecule has 12 heteroatoms. The number of benzene rings is 1. The lowest BCUT2D eigenvalue weighted by molar-refractivity contribution is -0.127. The lowest BCUT2D eigenvalue weighted by atomic mass is 9.97. The second-order valence-corrected chi connectivity index (χ2v) is 9.95. The van der Waals surface area contributed by atoms with Crippen LogP contribution in [0.1, 0.15) is 12.8 Å². The van der Waals surface area contributed by atoms with Crippen molar-refractivity contribution in [2.45, 2.75) is 19.4 Å². The summed E-state index contributed by atoms with van der Waals surface area (Å²) in [4.78, 5) is 36.5. The van der Waals surface area contributed by atoms with Crippen LogP contribution in [0.3, 0.4) is 0 Å². The van der Waals surface area contributed by atoms with Crippen LogP contribution in [0.15, 0.2) is 35.8 Å². The number of ether oxygens (including phenoxy) is 2. The zero-order valence-corrected chi connectivity index (χ0v) is 23.7. The van der Waals surface area contributed by atoms with Gasteiger partial charge in [0, 0.05) is 56.4 Å². The van der Waals surface area contributed by atoms with Crippen LogP contribution in [0.4, 0.5) is 5.95 Å². The summed E-state index contributed by atoms with van der Waals surface area (Å²) in [5.74, 6) is 1.49. The summed E-state index contributed by atoms with van der Waals surface area (Å²) < 4.78 is 12.4. The number of halogens is 2. The monoisotopic (exact) mass is 574 g/mol. The van der Waals surface area contributed by atoms with E-state index in [4.69, 9.17) is 32.7 Å². The number of fused-ring (bicyclic) bond motifs is 1. The molecule has 0 spiro atoms. The molecule has 1 aromatic carbocycles. The molecule has 0 aliphatic carbocycles. The SMILES string of the molecule is C=CC(=O)N1CCC(CNCCn2c(=O)c(-c3c(Cl)c(OC)cc(OC)c3Cl)cc3cnc(NC)nc32)CC1. The fourth-order valence-corrected chi connectivity index (χ4v) is 5.48. The largest absolute Gasteiger partial charge is 0.495 e. The second kappa shape index (κ2) is 12.7. The number of carbonyl (C=O) groups excluding carboxylic acids is 1. The van der Waals surface area contributed by atoms with Gasteiger partial charge in [0.05, 0.1) is 29.8 Å². The zero-order valence-electron chi connectivity index (χ0n) is 22.2. The van der Waals surface area contributed by atoms with Gasteiger partial charge in [0.1, 0.15) is 17.1 Å². The van der Waals surface area contributed by atoms with Crippen LogP contribution < -0.4 is 25.7 Å². The van der Waals surface area contributed by atoms with E-state index in [1.807, 2.05) is 4.90 Å². The van der Waals surface area contributed by atoms with E-state index in [1.54, 1.807) is 29.9 Å². The van der Waals surface area contributed by atoms with Crippen molar-refractivity contribution in [2.75, 3.05) is 52.8 Å². The number of rotatable bonds is 10. The van der Waals surface area contributed by atoms with Gasteiger partial charge in [-0.05, 0) is 37.4 Å². The Kier molecular flexibility index (Phi) is 9.32. The van der Waals surface area contributed by atoms with E-state index in [9.17, 15) is 9.59 Å². The van der Waals surface area contributed by atoms with E-state index in [2.05, 4.69) is 27.2 Å². The Bertz CT molecular complexity index is 1410. The number of hydrogen-bond acceptors (Lipinski definition) is 8. The molecule has 1 aliphatic rings. The smallest absolute Gasteiger partial charge is 0.260 e. The number of anilines is 1. The van der Waals surface area contributed by atoms with Crippen molar-refractivity contribution in [1.82, 2.24) is 24.8 Å². The Morgan fingerprint density at radius 1 is 1.18 bits per heavy atom. The van der Waals surface area contributed by atoms with Crippen LogP contribution in [-0.4, -0.2) is 72.8 Å². The Hall–Kier alpha value is -3.34. The van der Waals surface area contributed by atoms with Crippen LogP contribution in [-0.2, 0) is 11.3 Å². The molecule has 1 amide bonds. The van der Waals surface area contributed by atoms with Crippen LogP contribution >= 0.6 is 23.2 Å². The van der Waals surface area contributed by atoms with E-state index >= 15 is 0 Å². The molecule has 39 heavy (non-hydrogen) atoms. The van der Waals surface area contributed by atoms with Crippen molar-refractivity contribution >= 4 is 46.1 Å². The Morgan fingerprint density at radius 2 is 1.85 bits per heavy atom. The van der Waals surface area contributed by atoms with Crippen molar-refractivity contribution in [2.24, 2.45) is 5.92 Å². The highest BCUT2D eigenvalue weighted by Gasteiger charge is 2.24. The number of carbonyl (C=O) groups is 1. The van der Waals surface area contributed by atoms with Crippen molar-refractivity contribution in [3.8, 4) is 22.6 Å². The normalized spacial score (nSPS) is 13.9. The van der Waals surface area contributed by atoms with Gasteiger partial charge in [-0.2, -0.15) is 4.98 Å². The summed E-state index contributed by atoms with van der Waals surface area (Å²) >= 11 is 13.3. The van der Waals surface area contributed by atoms with Gasteiger partial charge in [0.2, 0.25) is 11.9 Å². The number of nitrogens with zero attached hydrogens (tertiary/aromatic N) is 4. The molecule has 1 aliphatic heterocycles. The highest BCUT2D eigenvalue weighted by atomic mass is 35.5. The number of likely N-dealkylation sites (tertiary alicyclic amines) is 1. The van der Waals surface area contributed by atoms with Crippen LogP contribution in [0.2, 0.25) is 10.0 Å². The summed E-state index contributed by atoms with van der Waals surface area (Å²) in [6, 6.07) is 3.27. The molecule has 0 unspecified atom stereocenters. The van der Waals surface area contributed by atoms with Gasteiger partial charge in [0.15, 0.2) is 0 Å². The molecule has 1 saturated heterocycles. The lowest BCUT2D eigenvalue weighted by Gasteiger charge is -2.31. The molecule has 4 rings (SSSR count). The third kappa shape index (κ3) is 5.98. The molecular weight excluding hydrogens is 543 g/mol. The number of aromatic nitrogens is 3. The zero-order chi connectivity index (χ0) is 28.1. The molecule has 1 fully saturated rings. The first-order valence-corrected chi connectivity index (χ1v) is 13.4. The average molecular weight is 575 g/mol. The highest BCUT2D eigenvalue weighted by Crippen LogP contribution is 2.45. The minimum Gasteiger partial charge on any atom is -0.495 e. The van der Waals surface area contributed by atoms with Crippen molar-refractivity contribution in [1.29, 1.82) is 0 Å². The first-order valence-electron chi connectivity index (χ1n) is 12.6. The topological polar surface area (TPSA) is 111 Å². The number of nitrogens with one attached hydrogen (secondary N) is 2. The molecular formula is C27H32Cl2N6O4. The minimum absolute atomic E-state index is 0.0238. The maximum absolute atomic E-state index is 13.9. The van der Waals surface area contributed by atoms with Crippen molar-refractivity contribution in [3.63, 3.8) is 0 Å². The van der Waals surface area contributed by atoms with Gasteiger partial charge in [0.25, 0.3) is 5.56 Å². The third-order valence-corrected chi connectivity index (χ3v) is 7.69. The van der Waals surface area contributed by atoms with Gasteiger partial charge >= 0.3 is 0 Å². The van der Waals surface area contributed by atoms with Crippen LogP contribution in [0, 0.1) is 5.92 Å². The molecule has 0 bridgehead atoms. The standard InChI is InChI=1S/C27H32Cl2N6O4/c1-5-21(36)34-9-6-16(7-10-34)14-31-8-11-35-25-17(15-32-27(30-2)33-25)12-18(26(35)37)22-23(28)19(38-3)13-20(39-4)24(22)29/h5,12-13,15-16,31H,1,6-11,14H2,2-4H3,(H,30,32,33). The van der Waals surface area contributed by atoms with E-state index < -0.39 is 0 Å². The molecule has 3 aromatic rings. The molecule has 208 valence electrons. The van der Waals surface area contributed by atoms with E-state index in [0.717, 1.165) is 32.5 Å². The predicted molar refractivity (Wildman–Crippen MR) is 154 cm³/mol. The molecule has 0 radical (unpaired) electrons. The third-order valence-electron chi connectivity index (χ3n) is 6.94. The van der Waals surface area contributed by atoms with Gasteiger partial charge in [-0.25, -0.2) is 4.98 Å². The summed E-state index contributed by atoms with van der Waals surface area (Å²) in [6.45, 7) is 6.68. The second-order valence-electron chi connectivity index (χ2n) is 9.20. The van der Waals surface area contributed by atoms with E-state index in [-0.39, 0.29) is 27.1 Å². The first-order chi connectivity index (χ1) is 18.8. The summed E-state index contributed by atoms with van der Waals surface area (Å²) in [7, 11) is 4.68. The molecule has 3 heterocycles. The fraction of sp³-hybridized carbons (Fsp3) is 0.407.